The lowest BCUT2D eigenvalue weighted by molar-refractivity contribution is 0.0593. The number of rotatable bonds is 2. The molecule has 1 aliphatic heterocycles. The van der Waals surface area contributed by atoms with Gasteiger partial charge in [-0.15, -0.1) is 0 Å². The third-order valence-electron chi connectivity index (χ3n) is 5.33. The van der Waals surface area contributed by atoms with Crippen molar-refractivity contribution in [1.29, 1.82) is 0 Å². The third-order valence-corrected chi connectivity index (χ3v) is 5.33. The molecule has 1 aliphatic rings. The second-order valence-corrected chi connectivity index (χ2v) is 6.93. The van der Waals surface area contributed by atoms with Crippen LogP contribution in [-0.4, -0.2) is 32.9 Å². The summed E-state index contributed by atoms with van der Waals surface area (Å²) in [4.78, 5) is 22.8. The van der Waals surface area contributed by atoms with Crippen LogP contribution < -0.4 is 0 Å². The molecule has 1 unspecified atom stereocenters. The van der Waals surface area contributed by atoms with Crippen molar-refractivity contribution in [2.45, 2.75) is 45.2 Å². The Morgan fingerprint density at radius 2 is 1.96 bits per heavy atom. The fourth-order valence-electron chi connectivity index (χ4n) is 4.01. The largest absolute Gasteiger partial charge is 0.345 e. The van der Waals surface area contributed by atoms with Crippen molar-refractivity contribution < 1.29 is 4.79 Å². The van der Waals surface area contributed by atoms with Crippen molar-refractivity contribution in [2.24, 2.45) is 0 Å². The van der Waals surface area contributed by atoms with Crippen LogP contribution in [0.5, 0.6) is 0 Å². The van der Waals surface area contributed by atoms with Gasteiger partial charge in [-0.05, 0) is 55.5 Å². The molecule has 2 heterocycles. The van der Waals surface area contributed by atoms with Gasteiger partial charge in [0.25, 0.3) is 5.91 Å². The van der Waals surface area contributed by atoms with E-state index in [4.69, 9.17) is 0 Å². The van der Waals surface area contributed by atoms with E-state index >= 15 is 0 Å². The van der Waals surface area contributed by atoms with Gasteiger partial charge in [-0.3, -0.25) is 4.79 Å². The Hall–Kier alpha value is -2.62. The van der Waals surface area contributed by atoms with Gasteiger partial charge in [0.05, 0.1) is 17.4 Å². The number of nitrogens with zero attached hydrogens (tertiary/aromatic N) is 2. The van der Waals surface area contributed by atoms with Gasteiger partial charge in [0.2, 0.25) is 0 Å². The Morgan fingerprint density at radius 3 is 2.72 bits per heavy atom. The SMILES string of the molecule is CCC1Cc2ccccc2C[C@@H](C)N1C(=O)c1ccc2nc[nH]c2c1. The van der Waals surface area contributed by atoms with E-state index in [2.05, 4.69) is 53.0 Å². The van der Waals surface area contributed by atoms with E-state index in [1.165, 1.54) is 11.1 Å². The van der Waals surface area contributed by atoms with Gasteiger partial charge >= 0.3 is 0 Å². The monoisotopic (exact) mass is 333 g/mol. The Kier molecular flexibility index (Phi) is 4.04. The molecule has 0 bridgehead atoms. The molecule has 0 saturated carbocycles. The molecule has 0 fully saturated rings. The molecule has 1 amide bonds. The minimum atomic E-state index is 0.114. The van der Waals surface area contributed by atoms with E-state index in [1.807, 2.05) is 18.2 Å². The number of aromatic nitrogens is 2. The van der Waals surface area contributed by atoms with Crippen LogP contribution in [0.25, 0.3) is 11.0 Å². The van der Waals surface area contributed by atoms with E-state index < -0.39 is 0 Å². The van der Waals surface area contributed by atoms with Crippen LogP contribution in [-0.2, 0) is 12.8 Å². The molecule has 3 aromatic rings. The zero-order valence-corrected chi connectivity index (χ0v) is 14.7. The van der Waals surface area contributed by atoms with Crippen molar-refractivity contribution in [3.05, 3.63) is 65.5 Å². The fraction of sp³-hybridized carbons (Fsp3) is 0.333. The quantitative estimate of drug-likeness (QED) is 0.771. The summed E-state index contributed by atoms with van der Waals surface area (Å²) in [6.07, 6.45) is 4.45. The van der Waals surface area contributed by atoms with Gasteiger partial charge in [0.1, 0.15) is 0 Å². The van der Waals surface area contributed by atoms with Gasteiger partial charge in [0, 0.05) is 17.6 Å². The van der Waals surface area contributed by atoms with Crippen molar-refractivity contribution >= 4 is 16.9 Å². The van der Waals surface area contributed by atoms with Gasteiger partial charge in [-0.2, -0.15) is 0 Å². The van der Waals surface area contributed by atoms with Crippen molar-refractivity contribution in [3.8, 4) is 0 Å². The minimum Gasteiger partial charge on any atom is -0.345 e. The Bertz CT molecular complexity index is 914. The molecule has 128 valence electrons. The van der Waals surface area contributed by atoms with Crippen LogP contribution in [0.2, 0.25) is 0 Å². The molecule has 2 aromatic carbocycles. The molecule has 1 aromatic heterocycles. The molecule has 0 spiro atoms. The highest BCUT2D eigenvalue weighted by atomic mass is 16.2. The average molecular weight is 333 g/mol. The van der Waals surface area contributed by atoms with Gasteiger partial charge < -0.3 is 9.88 Å². The second kappa shape index (κ2) is 6.36. The summed E-state index contributed by atoms with van der Waals surface area (Å²) in [5.74, 6) is 0.114. The predicted molar refractivity (Wildman–Crippen MR) is 99.7 cm³/mol. The number of hydrogen-bond donors (Lipinski definition) is 1. The molecule has 0 aliphatic carbocycles. The third kappa shape index (κ3) is 2.82. The summed E-state index contributed by atoms with van der Waals surface area (Å²) in [7, 11) is 0. The van der Waals surface area contributed by atoms with Crippen molar-refractivity contribution in [1.82, 2.24) is 14.9 Å². The van der Waals surface area contributed by atoms with Crippen molar-refractivity contribution in [3.63, 3.8) is 0 Å². The van der Waals surface area contributed by atoms with Crippen LogP contribution in [0.4, 0.5) is 0 Å². The highest BCUT2D eigenvalue weighted by Gasteiger charge is 2.31. The maximum absolute atomic E-state index is 13.3. The molecule has 25 heavy (non-hydrogen) atoms. The molecule has 0 radical (unpaired) electrons. The zero-order valence-electron chi connectivity index (χ0n) is 14.7. The maximum Gasteiger partial charge on any atom is 0.254 e. The first-order chi connectivity index (χ1) is 12.2. The Morgan fingerprint density at radius 1 is 1.20 bits per heavy atom. The molecular weight excluding hydrogens is 310 g/mol. The van der Waals surface area contributed by atoms with Gasteiger partial charge in [-0.1, -0.05) is 31.2 Å². The molecular formula is C21H23N3O. The highest BCUT2D eigenvalue weighted by molar-refractivity contribution is 5.97. The lowest BCUT2D eigenvalue weighted by Crippen LogP contribution is -2.46. The van der Waals surface area contributed by atoms with Crippen LogP contribution in [0.15, 0.2) is 48.8 Å². The van der Waals surface area contributed by atoms with Crippen LogP contribution in [0, 0.1) is 0 Å². The highest BCUT2D eigenvalue weighted by Crippen LogP contribution is 2.27. The topological polar surface area (TPSA) is 49.0 Å². The summed E-state index contributed by atoms with van der Waals surface area (Å²) in [5, 5.41) is 0. The van der Waals surface area contributed by atoms with Gasteiger partial charge in [-0.25, -0.2) is 4.98 Å². The molecule has 4 rings (SSSR count). The summed E-state index contributed by atoms with van der Waals surface area (Å²) in [6, 6.07) is 14.7. The molecule has 0 saturated heterocycles. The first-order valence-electron chi connectivity index (χ1n) is 9.00. The first-order valence-corrected chi connectivity index (χ1v) is 9.00. The van der Waals surface area contributed by atoms with Crippen LogP contribution in [0.1, 0.15) is 41.8 Å². The summed E-state index contributed by atoms with van der Waals surface area (Å²) in [5.41, 5.74) is 5.27. The Balaban J connectivity index is 1.70. The standard InChI is InChI=1S/C21H23N3O/c1-3-18-11-16-7-5-4-6-15(16)10-14(2)24(18)21(25)17-8-9-19-20(12-17)23-13-22-19/h4-9,12-14,18H,3,10-11H2,1-2H3,(H,22,23)/t14-,18?/m1/s1. The number of aromatic amines is 1. The maximum atomic E-state index is 13.3. The zero-order chi connectivity index (χ0) is 17.4. The van der Waals surface area contributed by atoms with E-state index in [0.717, 1.165) is 35.9 Å². The number of nitrogens with one attached hydrogen (secondary N) is 1. The van der Waals surface area contributed by atoms with E-state index in [1.54, 1.807) is 6.33 Å². The van der Waals surface area contributed by atoms with Crippen molar-refractivity contribution in [2.75, 3.05) is 0 Å². The minimum absolute atomic E-state index is 0.114. The lowest BCUT2D eigenvalue weighted by Gasteiger charge is -2.34. The van der Waals surface area contributed by atoms with E-state index in [-0.39, 0.29) is 18.0 Å². The smallest absolute Gasteiger partial charge is 0.254 e. The van der Waals surface area contributed by atoms with Crippen LogP contribution >= 0.6 is 0 Å². The average Bonchev–Trinajstić information content (AvgIpc) is 3.04. The second-order valence-electron chi connectivity index (χ2n) is 6.93. The molecule has 4 heteroatoms. The summed E-state index contributed by atoms with van der Waals surface area (Å²) >= 11 is 0. The number of benzene rings is 2. The summed E-state index contributed by atoms with van der Waals surface area (Å²) < 4.78 is 0. The van der Waals surface area contributed by atoms with E-state index in [0.29, 0.717) is 0 Å². The molecule has 1 N–H and O–H groups in total. The summed E-state index contributed by atoms with van der Waals surface area (Å²) in [6.45, 7) is 4.33. The number of fused-ring (bicyclic) bond motifs is 2. The lowest BCUT2D eigenvalue weighted by atomic mass is 9.99. The normalized spacial score (nSPS) is 20.3. The number of carbonyl (C=O) groups excluding carboxylic acids is 1. The number of amides is 1. The van der Waals surface area contributed by atoms with Crippen LogP contribution in [0.3, 0.4) is 0 Å². The number of carbonyl (C=O) groups is 1. The number of hydrogen-bond acceptors (Lipinski definition) is 2. The number of imidazole rings is 1. The van der Waals surface area contributed by atoms with Gasteiger partial charge in [0.15, 0.2) is 0 Å². The first kappa shape index (κ1) is 15.9. The molecule has 2 atom stereocenters. The van der Waals surface area contributed by atoms with E-state index in [9.17, 15) is 4.79 Å². The number of H-pyrrole nitrogens is 1. The fourth-order valence-corrected chi connectivity index (χ4v) is 4.01. The molecule has 4 nitrogen and oxygen atoms in total. The Labute approximate surface area is 147 Å². The predicted octanol–water partition coefficient (Wildman–Crippen LogP) is 3.97.